The summed E-state index contributed by atoms with van der Waals surface area (Å²) in [6.07, 6.45) is 1.62. The molecular formula is C27H20FN5O2S. The zero-order valence-corrected chi connectivity index (χ0v) is 20.3. The molecule has 0 saturated carbocycles. The molecule has 6 aromatic rings. The lowest BCUT2D eigenvalue weighted by Gasteiger charge is -2.15. The Kier molecular flexibility index (Phi) is 5.41. The summed E-state index contributed by atoms with van der Waals surface area (Å²) in [5.41, 5.74) is 4.08. The van der Waals surface area contributed by atoms with Crippen LogP contribution >= 0.6 is 11.8 Å². The van der Waals surface area contributed by atoms with Gasteiger partial charge in [0.25, 0.3) is 5.56 Å². The molecule has 0 aliphatic carbocycles. The summed E-state index contributed by atoms with van der Waals surface area (Å²) in [5, 5.41) is 10.0. The zero-order chi connectivity index (χ0) is 24.8. The molecule has 0 saturated heterocycles. The zero-order valence-electron chi connectivity index (χ0n) is 19.5. The first-order valence-electron chi connectivity index (χ1n) is 11.3. The van der Waals surface area contributed by atoms with Crippen molar-refractivity contribution in [2.45, 2.75) is 24.8 Å². The third kappa shape index (κ3) is 3.68. The Balaban J connectivity index is 1.44. The number of halogens is 1. The normalized spacial score (nSPS) is 11.5. The summed E-state index contributed by atoms with van der Waals surface area (Å²) in [4.78, 5) is 18.0. The van der Waals surface area contributed by atoms with Crippen LogP contribution in [0.25, 0.3) is 33.7 Å². The van der Waals surface area contributed by atoms with Crippen molar-refractivity contribution < 1.29 is 8.81 Å². The van der Waals surface area contributed by atoms with E-state index in [9.17, 15) is 9.18 Å². The van der Waals surface area contributed by atoms with Gasteiger partial charge in [-0.05, 0) is 61.4 Å². The second-order valence-electron chi connectivity index (χ2n) is 8.43. The van der Waals surface area contributed by atoms with Gasteiger partial charge < -0.3 is 4.42 Å². The molecule has 0 atom stereocenters. The van der Waals surface area contributed by atoms with Crippen molar-refractivity contribution in [2.24, 2.45) is 0 Å². The van der Waals surface area contributed by atoms with Crippen LogP contribution in [-0.2, 0) is 5.75 Å². The van der Waals surface area contributed by atoms with Crippen LogP contribution in [0.15, 0.2) is 87.3 Å². The van der Waals surface area contributed by atoms with Crippen molar-refractivity contribution in [1.29, 1.82) is 0 Å². The third-order valence-electron chi connectivity index (χ3n) is 6.06. The van der Waals surface area contributed by atoms with Crippen LogP contribution < -0.4 is 5.56 Å². The Bertz CT molecular complexity index is 1780. The number of para-hydroxylation sites is 2. The maximum Gasteiger partial charge on any atom is 0.267 e. The molecule has 3 aromatic heterocycles. The van der Waals surface area contributed by atoms with Crippen molar-refractivity contribution in [2.75, 3.05) is 0 Å². The number of rotatable bonds is 5. The maximum atomic E-state index is 13.6. The molecule has 178 valence electrons. The van der Waals surface area contributed by atoms with Gasteiger partial charge >= 0.3 is 0 Å². The molecule has 0 N–H and O–H groups in total. The van der Waals surface area contributed by atoms with E-state index in [0.717, 1.165) is 27.9 Å². The van der Waals surface area contributed by atoms with Crippen molar-refractivity contribution >= 4 is 28.4 Å². The third-order valence-corrected chi connectivity index (χ3v) is 6.98. The first-order chi connectivity index (χ1) is 17.5. The second-order valence-corrected chi connectivity index (χ2v) is 9.37. The molecule has 9 heteroatoms. The first-order valence-corrected chi connectivity index (χ1v) is 12.3. The van der Waals surface area contributed by atoms with Crippen molar-refractivity contribution in [3.8, 4) is 17.0 Å². The minimum absolute atomic E-state index is 0.143. The quantitative estimate of drug-likeness (QED) is 0.283. The molecule has 0 fully saturated rings. The van der Waals surface area contributed by atoms with E-state index < -0.39 is 0 Å². The molecule has 36 heavy (non-hydrogen) atoms. The molecule has 0 spiro atoms. The summed E-state index contributed by atoms with van der Waals surface area (Å²) < 4.78 is 22.7. The summed E-state index contributed by atoms with van der Waals surface area (Å²) in [6, 6.07) is 19.5. The van der Waals surface area contributed by atoms with E-state index in [1.807, 2.05) is 60.7 Å². The monoisotopic (exact) mass is 497 g/mol. The van der Waals surface area contributed by atoms with Crippen molar-refractivity contribution in [1.82, 2.24) is 24.1 Å². The van der Waals surface area contributed by atoms with Gasteiger partial charge in [0.1, 0.15) is 5.82 Å². The molecule has 0 unspecified atom stereocenters. The lowest BCUT2D eigenvalue weighted by atomic mass is 10.1. The van der Waals surface area contributed by atoms with Gasteiger partial charge in [0.15, 0.2) is 10.9 Å². The smallest absolute Gasteiger partial charge is 0.267 e. The highest BCUT2D eigenvalue weighted by atomic mass is 32.2. The number of benzene rings is 3. The minimum Gasteiger partial charge on any atom is -0.440 e. The molecule has 0 radical (unpaired) electrons. The van der Waals surface area contributed by atoms with E-state index in [0.29, 0.717) is 33.7 Å². The minimum atomic E-state index is -0.306. The van der Waals surface area contributed by atoms with Crippen LogP contribution in [0.2, 0.25) is 0 Å². The molecule has 0 aliphatic rings. The van der Waals surface area contributed by atoms with Crippen molar-refractivity contribution in [3.05, 3.63) is 106 Å². The highest BCUT2D eigenvalue weighted by Gasteiger charge is 2.20. The predicted molar refractivity (Wildman–Crippen MR) is 137 cm³/mol. The molecule has 0 aliphatic heterocycles. The average Bonchev–Trinajstić information content (AvgIpc) is 3.52. The molecular weight excluding hydrogens is 477 g/mol. The molecule has 3 heterocycles. The number of hydrogen-bond donors (Lipinski definition) is 0. The topological polar surface area (TPSA) is 78.2 Å². The summed E-state index contributed by atoms with van der Waals surface area (Å²) in [5.74, 6) is 1.60. The number of fused-ring (bicyclic) bond motifs is 3. The first kappa shape index (κ1) is 22.2. The lowest BCUT2D eigenvalue weighted by molar-refractivity contribution is 0.529. The molecule has 7 nitrogen and oxygen atoms in total. The van der Waals surface area contributed by atoms with Crippen LogP contribution in [0.5, 0.6) is 0 Å². The van der Waals surface area contributed by atoms with Crippen LogP contribution in [0.1, 0.15) is 17.0 Å². The van der Waals surface area contributed by atoms with E-state index >= 15 is 0 Å². The molecule has 6 rings (SSSR count). The van der Waals surface area contributed by atoms with Gasteiger partial charge in [-0.1, -0.05) is 42.1 Å². The van der Waals surface area contributed by atoms with Gasteiger partial charge in [-0.3, -0.25) is 9.20 Å². The van der Waals surface area contributed by atoms with Crippen LogP contribution in [0, 0.1) is 19.7 Å². The summed E-state index contributed by atoms with van der Waals surface area (Å²) in [7, 11) is 0. The molecule has 0 bridgehead atoms. The summed E-state index contributed by atoms with van der Waals surface area (Å²) in [6.45, 7) is 3.96. The van der Waals surface area contributed by atoms with Crippen molar-refractivity contribution in [3.63, 3.8) is 0 Å². The Morgan fingerprint density at radius 3 is 2.47 bits per heavy atom. The maximum absolute atomic E-state index is 13.6. The number of oxazole rings is 1. The SMILES string of the molecule is Cc1cccc(C)c1-n1c(=O)c2ccccc2n2c(SCc3ncc(-c4ccc(F)cc4)o3)nnc12. The highest BCUT2D eigenvalue weighted by molar-refractivity contribution is 7.98. The molecule has 3 aromatic carbocycles. The molecule has 0 amide bonds. The van der Waals surface area contributed by atoms with E-state index in [-0.39, 0.29) is 11.4 Å². The van der Waals surface area contributed by atoms with Crippen LogP contribution in [0.3, 0.4) is 0 Å². The Morgan fingerprint density at radius 2 is 1.69 bits per heavy atom. The number of nitrogens with zero attached hydrogens (tertiary/aromatic N) is 5. The predicted octanol–water partition coefficient (Wildman–Crippen LogP) is 5.74. The number of aryl methyl sites for hydroxylation is 2. The van der Waals surface area contributed by atoms with E-state index in [4.69, 9.17) is 4.42 Å². The number of thioether (sulfide) groups is 1. The van der Waals surface area contributed by atoms with E-state index in [2.05, 4.69) is 15.2 Å². The lowest BCUT2D eigenvalue weighted by Crippen LogP contribution is -2.23. The van der Waals surface area contributed by atoms with E-state index in [1.165, 1.54) is 23.9 Å². The van der Waals surface area contributed by atoms with Gasteiger partial charge in [0.05, 0.1) is 28.5 Å². The fourth-order valence-electron chi connectivity index (χ4n) is 4.38. The summed E-state index contributed by atoms with van der Waals surface area (Å²) >= 11 is 1.41. The van der Waals surface area contributed by atoms with Crippen LogP contribution in [-0.4, -0.2) is 24.1 Å². The number of hydrogen-bond acceptors (Lipinski definition) is 6. The fourth-order valence-corrected chi connectivity index (χ4v) is 5.18. The van der Waals surface area contributed by atoms with Crippen LogP contribution in [0.4, 0.5) is 4.39 Å². The van der Waals surface area contributed by atoms with Gasteiger partial charge in [-0.15, -0.1) is 10.2 Å². The van der Waals surface area contributed by atoms with Gasteiger partial charge in [0.2, 0.25) is 11.7 Å². The average molecular weight is 498 g/mol. The fraction of sp³-hybridized carbons (Fsp3) is 0.111. The van der Waals surface area contributed by atoms with E-state index in [1.54, 1.807) is 22.9 Å². The number of aromatic nitrogens is 5. The largest absolute Gasteiger partial charge is 0.440 e. The highest BCUT2D eigenvalue weighted by Crippen LogP contribution is 2.28. The van der Waals surface area contributed by atoms with Gasteiger partial charge in [-0.25, -0.2) is 13.9 Å². The Morgan fingerprint density at radius 1 is 0.944 bits per heavy atom. The van der Waals surface area contributed by atoms with Gasteiger partial charge in [0, 0.05) is 5.56 Å². The van der Waals surface area contributed by atoms with Gasteiger partial charge in [-0.2, -0.15) is 0 Å². The standard InChI is InChI=1S/C27H20FN5O2S/c1-16-6-5-7-17(2)24(16)33-25(34)20-8-3-4-9-21(20)32-26(33)30-31-27(32)36-15-23-29-14-22(35-23)18-10-12-19(28)13-11-18/h3-14H,15H2,1-2H3. The second kappa shape index (κ2) is 8.76. The Labute approximate surface area is 209 Å². The Hall–Kier alpha value is -4.24.